The van der Waals surface area contributed by atoms with Crippen molar-refractivity contribution >= 4 is 18.2 Å². The number of carbonyl (C=O) groups is 3. The largest absolute Gasteiger partial charge is 0.472 e. The number of ether oxygens (including phenoxy) is 2. The Morgan fingerprint density at radius 2 is 2.24 bits per heavy atom. The van der Waals surface area contributed by atoms with Crippen LogP contribution in [0.15, 0.2) is 34.7 Å². The summed E-state index contributed by atoms with van der Waals surface area (Å²) >= 11 is 0. The number of carbonyl (C=O) groups excluding carboxylic acids is 3. The van der Waals surface area contributed by atoms with Gasteiger partial charge in [-0.25, -0.2) is 0 Å². The number of furan rings is 1. The van der Waals surface area contributed by atoms with Gasteiger partial charge in [0.15, 0.2) is 0 Å². The van der Waals surface area contributed by atoms with Gasteiger partial charge < -0.3 is 19.0 Å². The summed E-state index contributed by atoms with van der Waals surface area (Å²) in [5.74, 6) is -1.32. The van der Waals surface area contributed by atoms with Crippen LogP contribution in [0.3, 0.4) is 0 Å². The van der Waals surface area contributed by atoms with Crippen LogP contribution >= 0.6 is 0 Å². The summed E-state index contributed by atoms with van der Waals surface area (Å²) in [6.45, 7) is 3.12. The minimum Gasteiger partial charge on any atom is -0.472 e. The predicted molar refractivity (Wildman–Crippen MR) is 100 cm³/mol. The molecule has 0 bridgehead atoms. The summed E-state index contributed by atoms with van der Waals surface area (Å²) in [5, 5.41) is 11.2. The van der Waals surface area contributed by atoms with Crippen LogP contribution in [0.4, 0.5) is 0 Å². The first-order valence-corrected chi connectivity index (χ1v) is 10.1. The van der Waals surface area contributed by atoms with Crippen molar-refractivity contribution < 1.29 is 33.4 Å². The van der Waals surface area contributed by atoms with Crippen LogP contribution in [0.5, 0.6) is 0 Å². The number of aldehydes is 1. The molecule has 1 aromatic rings. The molecular weight excluding hydrogens is 376 g/mol. The fourth-order valence-electron chi connectivity index (χ4n) is 5.96. The Bertz CT molecular complexity index is 841. The minimum absolute atomic E-state index is 0.128. The molecule has 0 unspecified atom stereocenters. The molecule has 0 aromatic carbocycles. The Morgan fingerprint density at radius 3 is 2.90 bits per heavy atom. The SMILES string of the molecule is CC(=O)OC[C@]12C(C=O)=CCC[C@@H]1[C@@]1(C[C@@H](c3ccoc3)OC1=O)[C@H](C)C[C@H]2O. The van der Waals surface area contributed by atoms with E-state index in [0.717, 1.165) is 11.8 Å². The van der Waals surface area contributed by atoms with E-state index in [9.17, 15) is 19.5 Å². The fourth-order valence-corrected chi connectivity index (χ4v) is 5.96. The number of cyclic esters (lactones) is 1. The molecule has 1 aliphatic heterocycles. The van der Waals surface area contributed by atoms with Gasteiger partial charge in [-0.1, -0.05) is 13.0 Å². The quantitative estimate of drug-likeness (QED) is 0.610. The molecule has 7 nitrogen and oxygen atoms in total. The van der Waals surface area contributed by atoms with Crippen LogP contribution in [-0.4, -0.2) is 36.0 Å². The maximum Gasteiger partial charge on any atom is 0.313 e. The molecule has 156 valence electrons. The van der Waals surface area contributed by atoms with Crippen LogP contribution < -0.4 is 0 Å². The van der Waals surface area contributed by atoms with Crippen LogP contribution in [0.2, 0.25) is 0 Å². The second kappa shape index (κ2) is 7.13. The lowest BCUT2D eigenvalue weighted by atomic mass is 9.45. The Kier molecular flexibility index (Phi) is 4.89. The Balaban J connectivity index is 1.81. The number of hydrogen-bond donors (Lipinski definition) is 1. The van der Waals surface area contributed by atoms with Gasteiger partial charge in [-0.05, 0) is 37.2 Å². The van der Waals surface area contributed by atoms with Crippen LogP contribution in [0, 0.1) is 22.7 Å². The van der Waals surface area contributed by atoms with Gasteiger partial charge in [-0.3, -0.25) is 14.4 Å². The van der Waals surface area contributed by atoms with E-state index in [1.54, 1.807) is 24.7 Å². The molecule has 2 heterocycles. The summed E-state index contributed by atoms with van der Waals surface area (Å²) in [6.07, 6.45) is 6.29. The first-order chi connectivity index (χ1) is 13.9. The molecule has 1 aromatic heterocycles. The summed E-state index contributed by atoms with van der Waals surface area (Å²) in [4.78, 5) is 36.9. The maximum atomic E-state index is 13.4. The molecule has 29 heavy (non-hydrogen) atoms. The van der Waals surface area contributed by atoms with Gasteiger partial charge in [0.2, 0.25) is 0 Å². The number of fused-ring (bicyclic) bond motifs is 2. The summed E-state index contributed by atoms with van der Waals surface area (Å²) in [5.41, 5.74) is -0.777. The van der Waals surface area contributed by atoms with Crippen LogP contribution in [-0.2, 0) is 23.9 Å². The first-order valence-electron chi connectivity index (χ1n) is 10.1. The van der Waals surface area contributed by atoms with E-state index >= 15 is 0 Å². The monoisotopic (exact) mass is 402 g/mol. The minimum atomic E-state index is -1.11. The van der Waals surface area contributed by atoms with Crippen molar-refractivity contribution in [3.63, 3.8) is 0 Å². The van der Waals surface area contributed by atoms with Crippen molar-refractivity contribution in [2.45, 2.75) is 51.7 Å². The van der Waals surface area contributed by atoms with Crippen LogP contribution in [0.1, 0.15) is 51.2 Å². The third kappa shape index (κ3) is 2.78. The summed E-state index contributed by atoms with van der Waals surface area (Å²) < 4.78 is 16.3. The van der Waals surface area contributed by atoms with Crippen molar-refractivity contribution in [1.29, 1.82) is 0 Å². The van der Waals surface area contributed by atoms with E-state index in [1.165, 1.54) is 6.92 Å². The molecule has 1 saturated heterocycles. The molecule has 1 spiro atoms. The number of allylic oxidation sites excluding steroid dienone is 1. The summed E-state index contributed by atoms with van der Waals surface area (Å²) in [6, 6.07) is 1.78. The average Bonchev–Trinajstić information content (AvgIpc) is 3.33. The van der Waals surface area contributed by atoms with E-state index in [-0.39, 0.29) is 24.4 Å². The zero-order valence-electron chi connectivity index (χ0n) is 16.6. The lowest BCUT2D eigenvalue weighted by molar-refractivity contribution is -0.184. The van der Waals surface area contributed by atoms with Gasteiger partial charge in [0.1, 0.15) is 19.0 Å². The second-order valence-electron chi connectivity index (χ2n) is 8.58. The van der Waals surface area contributed by atoms with Crippen molar-refractivity contribution in [2.75, 3.05) is 6.61 Å². The summed E-state index contributed by atoms with van der Waals surface area (Å²) in [7, 11) is 0. The van der Waals surface area contributed by atoms with Gasteiger partial charge in [-0.2, -0.15) is 0 Å². The number of hydrogen-bond acceptors (Lipinski definition) is 7. The van der Waals surface area contributed by atoms with E-state index in [1.807, 2.05) is 6.92 Å². The third-order valence-electron chi connectivity index (χ3n) is 7.36. The Labute approximate surface area is 169 Å². The molecule has 1 N–H and O–H groups in total. The average molecular weight is 402 g/mol. The molecule has 6 atom stereocenters. The molecule has 3 aliphatic rings. The molecule has 0 amide bonds. The highest BCUT2D eigenvalue weighted by Gasteiger charge is 2.69. The molecular formula is C22H26O7. The predicted octanol–water partition coefficient (Wildman–Crippen LogP) is 2.74. The van der Waals surface area contributed by atoms with Gasteiger partial charge in [-0.15, -0.1) is 0 Å². The Morgan fingerprint density at radius 1 is 1.45 bits per heavy atom. The fraction of sp³-hybridized carbons (Fsp3) is 0.591. The van der Waals surface area contributed by atoms with Crippen molar-refractivity contribution in [2.24, 2.45) is 22.7 Å². The van der Waals surface area contributed by atoms with Crippen molar-refractivity contribution in [1.82, 2.24) is 0 Å². The zero-order valence-corrected chi connectivity index (χ0v) is 16.6. The standard InChI is InChI=1S/C22H26O7/c1-13-8-19(25)22(12-28-14(2)24)16(10-23)4-3-5-18(22)21(13)9-17(29-20(21)26)15-6-7-27-11-15/h4,6-7,10-11,13,17-19,25H,3,5,8-9,12H2,1-2H3/t13-,17+,18-,19-,21-,22+/m1/s1. The molecule has 0 radical (unpaired) electrons. The van der Waals surface area contributed by atoms with Gasteiger partial charge in [0.05, 0.1) is 29.5 Å². The highest BCUT2D eigenvalue weighted by Crippen LogP contribution is 2.65. The highest BCUT2D eigenvalue weighted by atomic mass is 16.6. The van der Waals surface area contributed by atoms with E-state index in [0.29, 0.717) is 31.3 Å². The van der Waals surface area contributed by atoms with Gasteiger partial charge in [0, 0.05) is 24.5 Å². The molecule has 2 fully saturated rings. The second-order valence-corrected chi connectivity index (χ2v) is 8.58. The normalized spacial score (nSPS) is 38.9. The van der Waals surface area contributed by atoms with Gasteiger partial charge >= 0.3 is 11.9 Å². The van der Waals surface area contributed by atoms with Gasteiger partial charge in [0.25, 0.3) is 0 Å². The van der Waals surface area contributed by atoms with E-state index < -0.39 is 29.0 Å². The Hall–Kier alpha value is -2.41. The number of esters is 2. The lowest BCUT2D eigenvalue weighted by Crippen LogP contribution is -2.62. The van der Waals surface area contributed by atoms with Crippen LogP contribution in [0.25, 0.3) is 0 Å². The first kappa shape index (κ1) is 19.9. The topological polar surface area (TPSA) is 103 Å². The van der Waals surface area contributed by atoms with E-state index in [2.05, 4.69) is 0 Å². The number of aliphatic hydroxyl groups is 1. The van der Waals surface area contributed by atoms with Crippen molar-refractivity contribution in [3.8, 4) is 0 Å². The smallest absolute Gasteiger partial charge is 0.313 e. The molecule has 2 aliphatic carbocycles. The van der Waals surface area contributed by atoms with E-state index in [4.69, 9.17) is 13.9 Å². The number of rotatable bonds is 4. The van der Waals surface area contributed by atoms with Crippen molar-refractivity contribution in [3.05, 3.63) is 35.8 Å². The molecule has 4 rings (SSSR count). The maximum absolute atomic E-state index is 13.4. The zero-order chi connectivity index (χ0) is 20.8. The third-order valence-corrected chi connectivity index (χ3v) is 7.36. The highest BCUT2D eigenvalue weighted by molar-refractivity contribution is 5.83. The molecule has 1 saturated carbocycles. The molecule has 7 heteroatoms. The number of aliphatic hydroxyl groups excluding tert-OH is 1. The lowest BCUT2D eigenvalue weighted by Gasteiger charge is -2.58.